The van der Waals surface area contributed by atoms with E-state index in [1.807, 2.05) is 42.1 Å². The zero-order valence-corrected chi connectivity index (χ0v) is 11.2. The van der Waals surface area contributed by atoms with Gasteiger partial charge in [0.15, 0.2) is 0 Å². The molecule has 0 aliphatic carbocycles. The molecule has 3 heteroatoms. The van der Waals surface area contributed by atoms with Crippen molar-refractivity contribution < 1.29 is 5.11 Å². The molecule has 17 heavy (non-hydrogen) atoms. The van der Waals surface area contributed by atoms with E-state index in [0.29, 0.717) is 0 Å². The van der Waals surface area contributed by atoms with Gasteiger partial charge in [-0.05, 0) is 37.8 Å². The molecule has 2 nitrogen and oxygen atoms in total. The predicted molar refractivity (Wildman–Crippen MR) is 74.4 cm³/mol. The lowest BCUT2D eigenvalue weighted by Gasteiger charge is -2.32. The summed E-state index contributed by atoms with van der Waals surface area (Å²) in [6.45, 7) is 3.01. The summed E-state index contributed by atoms with van der Waals surface area (Å²) < 4.78 is 0. The summed E-state index contributed by atoms with van der Waals surface area (Å²) in [6, 6.07) is 9.95. The van der Waals surface area contributed by atoms with Crippen LogP contribution in [0.2, 0.25) is 0 Å². The Labute approximate surface area is 108 Å². The fourth-order valence-electron chi connectivity index (χ4n) is 2.35. The highest BCUT2D eigenvalue weighted by Crippen LogP contribution is 2.22. The van der Waals surface area contributed by atoms with Gasteiger partial charge in [0.1, 0.15) is 0 Å². The molecule has 1 atom stereocenters. The number of hydrogen-bond acceptors (Lipinski definition) is 3. The smallest absolute Gasteiger partial charge is 0.0916 e. The van der Waals surface area contributed by atoms with E-state index in [2.05, 4.69) is 11.2 Å². The van der Waals surface area contributed by atoms with Crippen molar-refractivity contribution in [1.82, 2.24) is 4.90 Å². The van der Waals surface area contributed by atoms with E-state index in [4.69, 9.17) is 0 Å². The Morgan fingerprint density at radius 3 is 2.53 bits per heavy atom. The number of likely N-dealkylation sites (tertiary alicyclic amines) is 1. The Hall–Kier alpha value is -0.510. The molecule has 1 aromatic carbocycles. The Balaban J connectivity index is 1.82. The monoisotopic (exact) mass is 251 g/mol. The van der Waals surface area contributed by atoms with Crippen LogP contribution in [0.3, 0.4) is 0 Å². The minimum absolute atomic E-state index is 0.345. The maximum Gasteiger partial charge on any atom is 0.0916 e. The van der Waals surface area contributed by atoms with Gasteiger partial charge in [0.25, 0.3) is 0 Å². The second-order valence-electron chi connectivity index (χ2n) is 4.66. The molecule has 0 radical (unpaired) electrons. The molecule has 94 valence electrons. The van der Waals surface area contributed by atoms with Crippen LogP contribution in [0, 0.1) is 0 Å². The van der Waals surface area contributed by atoms with Crippen molar-refractivity contribution in [3.63, 3.8) is 0 Å². The lowest BCUT2D eigenvalue weighted by atomic mass is 10.1. The lowest BCUT2D eigenvalue weighted by molar-refractivity contribution is 0.102. The number of β-amino-alcohol motifs (C(OH)–C–C–N with tert-alkyl or cyclic N) is 1. The van der Waals surface area contributed by atoms with Crippen LogP contribution >= 0.6 is 11.8 Å². The van der Waals surface area contributed by atoms with Crippen molar-refractivity contribution in [3.05, 3.63) is 35.9 Å². The molecule has 0 aromatic heterocycles. The molecule has 0 saturated carbocycles. The number of benzene rings is 1. The van der Waals surface area contributed by atoms with Crippen LogP contribution in [0.1, 0.15) is 24.5 Å². The zero-order valence-electron chi connectivity index (χ0n) is 10.4. The number of aliphatic hydroxyl groups excluding tert-OH is 1. The summed E-state index contributed by atoms with van der Waals surface area (Å²) in [5, 5.41) is 11.0. The van der Waals surface area contributed by atoms with Gasteiger partial charge in [-0.1, -0.05) is 30.3 Å². The fourth-order valence-corrected chi connectivity index (χ4v) is 3.03. The summed E-state index contributed by atoms with van der Waals surface area (Å²) in [5.74, 6) is 0. The van der Waals surface area contributed by atoms with Crippen LogP contribution in [-0.2, 0) is 0 Å². The van der Waals surface area contributed by atoms with Crippen molar-refractivity contribution in [2.75, 3.05) is 25.9 Å². The first-order valence-corrected chi connectivity index (χ1v) is 7.56. The van der Waals surface area contributed by atoms with E-state index >= 15 is 0 Å². The van der Waals surface area contributed by atoms with Crippen molar-refractivity contribution >= 4 is 11.8 Å². The molecule has 1 aliphatic rings. The summed E-state index contributed by atoms with van der Waals surface area (Å²) in [5.41, 5.74) is 1.03. The molecule has 1 N–H and O–H groups in total. The van der Waals surface area contributed by atoms with Gasteiger partial charge >= 0.3 is 0 Å². The maximum absolute atomic E-state index is 10.1. The van der Waals surface area contributed by atoms with Gasteiger partial charge in [-0.15, -0.1) is 0 Å². The molecular weight excluding hydrogens is 230 g/mol. The van der Waals surface area contributed by atoms with Crippen molar-refractivity contribution in [2.45, 2.75) is 24.2 Å². The Morgan fingerprint density at radius 2 is 1.94 bits per heavy atom. The molecule has 1 unspecified atom stereocenters. The number of thioether (sulfide) groups is 1. The highest BCUT2D eigenvalue weighted by Gasteiger charge is 2.20. The van der Waals surface area contributed by atoms with E-state index < -0.39 is 0 Å². The number of hydrogen-bond donors (Lipinski definition) is 1. The van der Waals surface area contributed by atoms with Gasteiger partial charge in [-0.2, -0.15) is 11.8 Å². The minimum atomic E-state index is -0.345. The Bertz CT molecular complexity index is 322. The van der Waals surface area contributed by atoms with Crippen LogP contribution in [0.4, 0.5) is 0 Å². The molecule has 0 spiro atoms. The molecule has 1 aromatic rings. The van der Waals surface area contributed by atoms with Gasteiger partial charge in [0.2, 0.25) is 0 Å². The second-order valence-corrected chi connectivity index (χ2v) is 5.80. The van der Waals surface area contributed by atoms with E-state index in [1.54, 1.807) is 0 Å². The molecule has 0 bridgehead atoms. The van der Waals surface area contributed by atoms with E-state index in [-0.39, 0.29) is 6.10 Å². The first kappa shape index (κ1) is 12.9. The molecular formula is C14H21NOS. The van der Waals surface area contributed by atoms with Crippen LogP contribution in [0.15, 0.2) is 30.3 Å². The van der Waals surface area contributed by atoms with Gasteiger partial charge in [0.05, 0.1) is 6.10 Å². The van der Waals surface area contributed by atoms with E-state index in [9.17, 15) is 5.11 Å². The third-order valence-corrected chi connectivity index (χ3v) is 4.62. The number of aliphatic hydroxyl groups is 1. The number of piperidine rings is 1. The molecule has 2 rings (SSSR count). The molecule has 1 fully saturated rings. The summed E-state index contributed by atoms with van der Waals surface area (Å²) >= 11 is 1.97. The molecule has 1 saturated heterocycles. The zero-order chi connectivity index (χ0) is 12.1. The fraction of sp³-hybridized carbons (Fsp3) is 0.571. The van der Waals surface area contributed by atoms with Gasteiger partial charge in [-0.3, -0.25) is 0 Å². The van der Waals surface area contributed by atoms with Crippen LogP contribution in [-0.4, -0.2) is 41.1 Å². The average Bonchev–Trinajstić information content (AvgIpc) is 2.40. The molecule has 0 amide bonds. The normalized spacial score (nSPS) is 20.4. The third-order valence-electron chi connectivity index (χ3n) is 3.48. The first-order chi connectivity index (χ1) is 8.29. The predicted octanol–water partition coefficient (Wildman–Crippen LogP) is 2.55. The minimum Gasteiger partial charge on any atom is -0.387 e. The van der Waals surface area contributed by atoms with Crippen molar-refractivity contribution in [1.29, 1.82) is 0 Å². The second kappa shape index (κ2) is 6.43. The standard InChI is InChI=1S/C14H21NOS/c1-17-13-7-9-15(10-8-13)11-14(16)12-5-3-2-4-6-12/h2-6,13-14,16H,7-11H2,1H3. The molecule has 1 aliphatic heterocycles. The van der Waals surface area contributed by atoms with Gasteiger partial charge in [0, 0.05) is 11.8 Å². The Morgan fingerprint density at radius 1 is 1.29 bits per heavy atom. The Kier molecular flexibility index (Phi) is 4.89. The van der Waals surface area contributed by atoms with Gasteiger partial charge in [-0.25, -0.2) is 0 Å². The topological polar surface area (TPSA) is 23.5 Å². The summed E-state index contributed by atoms with van der Waals surface area (Å²) in [7, 11) is 0. The van der Waals surface area contributed by atoms with Crippen LogP contribution in [0.25, 0.3) is 0 Å². The van der Waals surface area contributed by atoms with E-state index in [1.165, 1.54) is 12.8 Å². The summed E-state index contributed by atoms with van der Waals surface area (Å²) in [6.07, 6.45) is 4.35. The largest absolute Gasteiger partial charge is 0.387 e. The highest BCUT2D eigenvalue weighted by molar-refractivity contribution is 7.99. The first-order valence-electron chi connectivity index (χ1n) is 6.27. The quantitative estimate of drug-likeness (QED) is 0.889. The molecule has 1 heterocycles. The van der Waals surface area contributed by atoms with Gasteiger partial charge < -0.3 is 10.0 Å². The van der Waals surface area contributed by atoms with Crippen molar-refractivity contribution in [3.8, 4) is 0 Å². The number of nitrogens with zero attached hydrogens (tertiary/aromatic N) is 1. The number of rotatable bonds is 4. The van der Waals surface area contributed by atoms with E-state index in [0.717, 1.165) is 30.4 Å². The average molecular weight is 251 g/mol. The third kappa shape index (κ3) is 3.73. The lowest BCUT2D eigenvalue weighted by Crippen LogP contribution is -2.37. The SMILES string of the molecule is CSC1CCN(CC(O)c2ccccc2)CC1. The maximum atomic E-state index is 10.1. The highest BCUT2D eigenvalue weighted by atomic mass is 32.2. The van der Waals surface area contributed by atoms with Crippen molar-refractivity contribution in [2.24, 2.45) is 0 Å². The summed E-state index contributed by atoms with van der Waals surface area (Å²) in [4.78, 5) is 2.38. The van der Waals surface area contributed by atoms with Crippen LogP contribution in [0.5, 0.6) is 0 Å². The van der Waals surface area contributed by atoms with Crippen LogP contribution < -0.4 is 0 Å².